The number of hydrogen-bond donors (Lipinski definition) is 1. The van der Waals surface area contributed by atoms with Gasteiger partial charge in [-0.1, -0.05) is 13.8 Å². The van der Waals surface area contributed by atoms with E-state index in [9.17, 15) is 9.59 Å². The molecule has 0 atom stereocenters. The molecule has 0 radical (unpaired) electrons. The number of carbonyl (C=O) groups excluding carboxylic acids is 1. The second-order valence-corrected chi connectivity index (χ2v) is 6.48. The van der Waals surface area contributed by atoms with E-state index in [1.54, 1.807) is 0 Å². The summed E-state index contributed by atoms with van der Waals surface area (Å²) >= 11 is 1.88. The highest BCUT2D eigenvalue weighted by molar-refractivity contribution is 7.99. The van der Waals surface area contributed by atoms with E-state index >= 15 is 0 Å². The van der Waals surface area contributed by atoms with Crippen LogP contribution in [0.4, 0.5) is 0 Å². The Bertz CT molecular complexity index is 283. The Labute approximate surface area is 107 Å². The van der Waals surface area contributed by atoms with Crippen molar-refractivity contribution in [3.05, 3.63) is 0 Å². The second kappa shape index (κ2) is 6.28. The fraction of sp³-hybridized carbons (Fsp3) is 0.833. The molecule has 0 aliphatic carbocycles. The zero-order valence-electron chi connectivity index (χ0n) is 10.6. The number of carboxylic acid groups (broad SMARTS) is 1. The number of rotatable bonds is 4. The highest BCUT2D eigenvalue weighted by atomic mass is 32.2. The molecule has 0 aromatic carbocycles. The third kappa shape index (κ3) is 5.44. The molecule has 0 bridgehead atoms. The molecule has 1 amide bonds. The minimum Gasteiger partial charge on any atom is -0.481 e. The molecule has 1 fully saturated rings. The topological polar surface area (TPSA) is 57.6 Å². The van der Waals surface area contributed by atoms with E-state index in [1.165, 1.54) is 0 Å². The Morgan fingerprint density at radius 2 is 1.94 bits per heavy atom. The molecule has 1 aliphatic heterocycles. The van der Waals surface area contributed by atoms with Gasteiger partial charge in [0.05, 0.1) is 6.42 Å². The fourth-order valence-electron chi connectivity index (χ4n) is 1.99. The van der Waals surface area contributed by atoms with Gasteiger partial charge in [0.2, 0.25) is 5.91 Å². The number of thioether (sulfide) groups is 1. The first-order chi connectivity index (χ1) is 7.91. The van der Waals surface area contributed by atoms with Gasteiger partial charge in [-0.2, -0.15) is 11.8 Å². The maximum Gasteiger partial charge on any atom is 0.303 e. The number of nitrogens with zero attached hydrogens (tertiary/aromatic N) is 1. The van der Waals surface area contributed by atoms with Gasteiger partial charge in [0.15, 0.2) is 0 Å². The summed E-state index contributed by atoms with van der Waals surface area (Å²) in [6.07, 6.45) is 1.40. The molecular formula is C12H21NO3S. The van der Waals surface area contributed by atoms with Crippen molar-refractivity contribution in [2.45, 2.75) is 33.1 Å². The zero-order chi connectivity index (χ0) is 12.9. The van der Waals surface area contributed by atoms with E-state index in [0.717, 1.165) is 31.0 Å². The molecule has 1 saturated heterocycles. The lowest BCUT2D eigenvalue weighted by molar-refractivity contribution is -0.140. The van der Waals surface area contributed by atoms with E-state index < -0.39 is 11.4 Å². The third-order valence-electron chi connectivity index (χ3n) is 2.83. The number of hydrogen-bond acceptors (Lipinski definition) is 3. The summed E-state index contributed by atoms with van der Waals surface area (Å²) in [4.78, 5) is 24.6. The fourth-order valence-corrected chi connectivity index (χ4v) is 2.88. The first kappa shape index (κ1) is 14.4. The SMILES string of the molecule is CC(C)(CC(=O)O)CC(=O)N1CCCSCC1. The highest BCUT2D eigenvalue weighted by Crippen LogP contribution is 2.26. The predicted molar refractivity (Wildman–Crippen MR) is 69.2 cm³/mol. The summed E-state index contributed by atoms with van der Waals surface area (Å²) in [6.45, 7) is 5.29. The van der Waals surface area contributed by atoms with Crippen LogP contribution in [0, 0.1) is 5.41 Å². The minimum atomic E-state index is -0.839. The zero-order valence-corrected chi connectivity index (χ0v) is 11.4. The number of amides is 1. The van der Waals surface area contributed by atoms with Gasteiger partial charge >= 0.3 is 5.97 Å². The van der Waals surface area contributed by atoms with Crippen LogP contribution in [0.15, 0.2) is 0 Å². The van der Waals surface area contributed by atoms with Gasteiger partial charge in [0, 0.05) is 25.3 Å². The van der Waals surface area contributed by atoms with Gasteiger partial charge in [-0.15, -0.1) is 0 Å². The maximum absolute atomic E-state index is 12.1. The summed E-state index contributed by atoms with van der Waals surface area (Å²) in [5.41, 5.74) is -0.456. The molecule has 0 unspecified atom stereocenters. The van der Waals surface area contributed by atoms with E-state index in [0.29, 0.717) is 6.42 Å². The van der Waals surface area contributed by atoms with Crippen LogP contribution in [0.25, 0.3) is 0 Å². The van der Waals surface area contributed by atoms with Crippen molar-refractivity contribution in [2.75, 3.05) is 24.6 Å². The molecule has 98 valence electrons. The Kier molecular flexibility index (Phi) is 5.31. The lowest BCUT2D eigenvalue weighted by atomic mass is 9.85. The standard InChI is InChI=1S/C12H21NO3S/c1-12(2,9-11(15)16)8-10(14)13-4-3-6-17-7-5-13/h3-9H2,1-2H3,(H,15,16). The quantitative estimate of drug-likeness (QED) is 0.837. The predicted octanol–water partition coefficient (Wildman–Crippen LogP) is 1.84. The molecule has 1 rings (SSSR count). The lowest BCUT2D eigenvalue weighted by Gasteiger charge is -2.27. The minimum absolute atomic E-state index is 0.0430. The van der Waals surface area contributed by atoms with Crippen molar-refractivity contribution in [3.8, 4) is 0 Å². The Morgan fingerprint density at radius 3 is 2.59 bits per heavy atom. The molecule has 0 spiro atoms. The van der Waals surface area contributed by atoms with Crippen molar-refractivity contribution in [3.63, 3.8) is 0 Å². The van der Waals surface area contributed by atoms with Crippen LogP contribution in [0.2, 0.25) is 0 Å². The molecule has 1 aliphatic rings. The highest BCUT2D eigenvalue weighted by Gasteiger charge is 2.27. The van der Waals surface area contributed by atoms with E-state index in [1.807, 2.05) is 30.5 Å². The van der Waals surface area contributed by atoms with Crippen LogP contribution >= 0.6 is 11.8 Å². The maximum atomic E-state index is 12.1. The molecule has 0 aromatic heterocycles. The van der Waals surface area contributed by atoms with Gasteiger partial charge in [-0.3, -0.25) is 9.59 Å². The van der Waals surface area contributed by atoms with Crippen LogP contribution in [0.5, 0.6) is 0 Å². The second-order valence-electron chi connectivity index (χ2n) is 5.26. The van der Waals surface area contributed by atoms with E-state index in [4.69, 9.17) is 5.11 Å². The van der Waals surface area contributed by atoms with Crippen molar-refractivity contribution in [1.29, 1.82) is 0 Å². The van der Waals surface area contributed by atoms with Gasteiger partial charge < -0.3 is 10.0 Å². The van der Waals surface area contributed by atoms with E-state index in [-0.39, 0.29) is 12.3 Å². The number of aliphatic carboxylic acids is 1. The van der Waals surface area contributed by atoms with Crippen LogP contribution in [-0.2, 0) is 9.59 Å². The van der Waals surface area contributed by atoms with Crippen LogP contribution < -0.4 is 0 Å². The van der Waals surface area contributed by atoms with Crippen molar-refractivity contribution in [1.82, 2.24) is 4.90 Å². The molecule has 0 saturated carbocycles. The average Bonchev–Trinajstić information content (AvgIpc) is 2.41. The summed E-state index contributed by atoms with van der Waals surface area (Å²) < 4.78 is 0. The lowest BCUT2D eigenvalue weighted by Crippen LogP contribution is -2.36. The van der Waals surface area contributed by atoms with Crippen molar-refractivity contribution >= 4 is 23.6 Å². The molecule has 4 nitrogen and oxygen atoms in total. The number of carboxylic acids is 1. The third-order valence-corrected chi connectivity index (χ3v) is 3.88. The summed E-state index contributed by atoms with van der Waals surface area (Å²) in [5.74, 6) is 1.36. The molecule has 1 heterocycles. The Balaban J connectivity index is 2.48. The molecule has 1 N–H and O–H groups in total. The Hall–Kier alpha value is -0.710. The molecule has 5 heteroatoms. The summed E-state index contributed by atoms with van der Waals surface area (Å²) in [6, 6.07) is 0. The Morgan fingerprint density at radius 1 is 1.24 bits per heavy atom. The summed E-state index contributed by atoms with van der Waals surface area (Å²) in [5, 5.41) is 8.79. The number of carbonyl (C=O) groups is 2. The first-order valence-electron chi connectivity index (χ1n) is 5.98. The molecular weight excluding hydrogens is 238 g/mol. The smallest absolute Gasteiger partial charge is 0.303 e. The molecule has 0 aromatic rings. The first-order valence-corrected chi connectivity index (χ1v) is 7.13. The monoisotopic (exact) mass is 259 g/mol. The summed E-state index contributed by atoms with van der Waals surface area (Å²) in [7, 11) is 0. The van der Waals surface area contributed by atoms with Gasteiger partial charge in [-0.05, 0) is 17.6 Å². The van der Waals surface area contributed by atoms with Crippen LogP contribution in [0.1, 0.15) is 33.1 Å². The van der Waals surface area contributed by atoms with Gasteiger partial charge in [0.25, 0.3) is 0 Å². The van der Waals surface area contributed by atoms with Crippen molar-refractivity contribution in [2.24, 2.45) is 5.41 Å². The average molecular weight is 259 g/mol. The normalized spacial score (nSPS) is 17.6. The molecule has 17 heavy (non-hydrogen) atoms. The van der Waals surface area contributed by atoms with Crippen LogP contribution in [-0.4, -0.2) is 46.5 Å². The van der Waals surface area contributed by atoms with Crippen LogP contribution in [0.3, 0.4) is 0 Å². The van der Waals surface area contributed by atoms with Gasteiger partial charge in [0.1, 0.15) is 0 Å². The van der Waals surface area contributed by atoms with E-state index in [2.05, 4.69) is 0 Å². The van der Waals surface area contributed by atoms with Crippen molar-refractivity contribution < 1.29 is 14.7 Å². The van der Waals surface area contributed by atoms with Gasteiger partial charge in [-0.25, -0.2) is 0 Å². The largest absolute Gasteiger partial charge is 0.481 e.